The minimum absolute atomic E-state index is 0.132. The van der Waals surface area contributed by atoms with Crippen molar-refractivity contribution >= 4 is 11.9 Å². The number of carboxylic acid groups (broad SMARTS) is 1. The van der Waals surface area contributed by atoms with Gasteiger partial charge in [-0.2, -0.15) is 0 Å². The Hall–Kier alpha value is -2.04. The van der Waals surface area contributed by atoms with Crippen LogP contribution in [0.2, 0.25) is 0 Å². The Labute approximate surface area is 125 Å². The van der Waals surface area contributed by atoms with Gasteiger partial charge >= 0.3 is 5.97 Å². The van der Waals surface area contributed by atoms with Gasteiger partial charge in [0.2, 0.25) is 0 Å². The molecule has 0 aromatic heterocycles. The van der Waals surface area contributed by atoms with Gasteiger partial charge in [-0.3, -0.25) is 4.79 Å². The Kier molecular flexibility index (Phi) is 6.21. The van der Waals surface area contributed by atoms with E-state index >= 15 is 0 Å². The maximum absolute atomic E-state index is 11.8. The van der Waals surface area contributed by atoms with E-state index in [0.29, 0.717) is 12.2 Å². The van der Waals surface area contributed by atoms with Crippen LogP contribution >= 0.6 is 0 Å². The lowest BCUT2D eigenvalue weighted by atomic mass is 9.99. The van der Waals surface area contributed by atoms with Crippen molar-refractivity contribution in [1.82, 2.24) is 5.32 Å². The summed E-state index contributed by atoms with van der Waals surface area (Å²) in [5.41, 5.74) is 2.10. The van der Waals surface area contributed by atoms with E-state index in [4.69, 9.17) is 9.84 Å². The molecule has 2 unspecified atom stereocenters. The summed E-state index contributed by atoms with van der Waals surface area (Å²) in [6.45, 7) is 7.39. The molecule has 0 saturated heterocycles. The highest BCUT2D eigenvalue weighted by Gasteiger charge is 2.25. The summed E-state index contributed by atoms with van der Waals surface area (Å²) in [7, 11) is 0. The van der Waals surface area contributed by atoms with Gasteiger partial charge in [-0.15, -0.1) is 0 Å². The Morgan fingerprint density at radius 1 is 1.24 bits per heavy atom. The van der Waals surface area contributed by atoms with Gasteiger partial charge in [-0.1, -0.05) is 26.3 Å². The summed E-state index contributed by atoms with van der Waals surface area (Å²) >= 11 is 0. The van der Waals surface area contributed by atoms with Crippen LogP contribution < -0.4 is 10.1 Å². The first-order valence-electron chi connectivity index (χ1n) is 7.06. The summed E-state index contributed by atoms with van der Waals surface area (Å²) in [6.07, 6.45) is 0.676. The van der Waals surface area contributed by atoms with Crippen LogP contribution in [0.25, 0.3) is 0 Å². The molecule has 2 atom stereocenters. The van der Waals surface area contributed by atoms with Gasteiger partial charge in [0, 0.05) is 0 Å². The second-order valence-corrected chi connectivity index (χ2v) is 5.38. The highest BCUT2D eigenvalue weighted by Crippen LogP contribution is 2.16. The number of amides is 1. The molecule has 2 N–H and O–H groups in total. The summed E-state index contributed by atoms with van der Waals surface area (Å²) in [4.78, 5) is 23.0. The number of hydrogen-bond donors (Lipinski definition) is 2. The third-order valence-electron chi connectivity index (χ3n) is 3.36. The first kappa shape index (κ1) is 17.0. The number of carbonyl (C=O) groups excluding carboxylic acids is 1. The van der Waals surface area contributed by atoms with Gasteiger partial charge in [-0.05, 0) is 43.0 Å². The van der Waals surface area contributed by atoms with Crippen molar-refractivity contribution < 1.29 is 19.4 Å². The molecule has 1 aromatic rings. The largest absolute Gasteiger partial charge is 0.484 e. The Morgan fingerprint density at radius 2 is 1.81 bits per heavy atom. The van der Waals surface area contributed by atoms with Crippen LogP contribution in [0.1, 0.15) is 31.4 Å². The third-order valence-corrected chi connectivity index (χ3v) is 3.36. The summed E-state index contributed by atoms with van der Waals surface area (Å²) in [5, 5.41) is 11.6. The molecule has 21 heavy (non-hydrogen) atoms. The number of hydrogen-bond acceptors (Lipinski definition) is 3. The molecule has 0 aliphatic carbocycles. The van der Waals surface area contributed by atoms with Gasteiger partial charge in [-0.25, -0.2) is 4.79 Å². The fourth-order valence-electron chi connectivity index (χ4n) is 2.06. The van der Waals surface area contributed by atoms with E-state index < -0.39 is 17.9 Å². The van der Waals surface area contributed by atoms with Gasteiger partial charge in [0.25, 0.3) is 5.91 Å². The van der Waals surface area contributed by atoms with Gasteiger partial charge < -0.3 is 15.2 Å². The molecule has 1 aromatic carbocycles. The molecular formula is C16H23NO4. The van der Waals surface area contributed by atoms with Crippen molar-refractivity contribution in [1.29, 1.82) is 0 Å². The normalized spacial score (nSPS) is 13.3. The van der Waals surface area contributed by atoms with E-state index in [-0.39, 0.29) is 12.5 Å². The maximum Gasteiger partial charge on any atom is 0.326 e. The van der Waals surface area contributed by atoms with Crippen molar-refractivity contribution in [3.8, 4) is 5.75 Å². The van der Waals surface area contributed by atoms with Crippen LogP contribution in [0.5, 0.6) is 5.75 Å². The third kappa shape index (κ3) is 5.45. The molecule has 1 rings (SSSR count). The van der Waals surface area contributed by atoms with Gasteiger partial charge in [0.1, 0.15) is 11.8 Å². The summed E-state index contributed by atoms with van der Waals surface area (Å²) in [5.74, 6) is -0.975. The number of rotatable bonds is 7. The molecule has 0 fully saturated rings. The number of nitrogens with one attached hydrogen (secondary N) is 1. The molecule has 0 spiro atoms. The Bertz CT molecular complexity index is 493. The molecule has 5 nitrogen and oxygen atoms in total. The fourth-order valence-corrected chi connectivity index (χ4v) is 2.06. The van der Waals surface area contributed by atoms with E-state index in [1.165, 1.54) is 0 Å². The minimum atomic E-state index is -1.02. The van der Waals surface area contributed by atoms with E-state index in [2.05, 4.69) is 5.32 Å². The van der Waals surface area contributed by atoms with E-state index in [1.54, 1.807) is 6.92 Å². The SMILES string of the molecule is CCC(C)C(NC(=O)COc1cc(C)cc(C)c1)C(=O)O. The van der Waals surface area contributed by atoms with Crippen LogP contribution in [0.15, 0.2) is 18.2 Å². The number of carboxylic acids is 1. The van der Waals surface area contributed by atoms with Crippen molar-refractivity contribution in [2.24, 2.45) is 5.92 Å². The van der Waals surface area contributed by atoms with Crippen molar-refractivity contribution in [3.63, 3.8) is 0 Å². The van der Waals surface area contributed by atoms with Gasteiger partial charge in [0.15, 0.2) is 6.61 Å². The molecular weight excluding hydrogens is 270 g/mol. The lowest BCUT2D eigenvalue weighted by molar-refractivity contribution is -0.143. The zero-order chi connectivity index (χ0) is 16.0. The smallest absolute Gasteiger partial charge is 0.326 e. The van der Waals surface area contributed by atoms with Crippen molar-refractivity contribution in [2.45, 2.75) is 40.2 Å². The average Bonchev–Trinajstić information content (AvgIpc) is 2.40. The Morgan fingerprint density at radius 3 is 2.29 bits per heavy atom. The first-order valence-corrected chi connectivity index (χ1v) is 7.06. The quantitative estimate of drug-likeness (QED) is 0.809. The molecule has 0 heterocycles. The standard InChI is InChI=1S/C16H23NO4/c1-5-12(4)15(16(19)20)17-14(18)9-21-13-7-10(2)6-11(3)8-13/h6-8,12,15H,5,9H2,1-4H3,(H,17,18)(H,19,20). The number of benzene rings is 1. The predicted octanol–water partition coefficient (Wildman–Crippen LogP) is 2.30. The second kappa shape index (κ2) is 7.67. The van der Waals surface area contributed by atoms with Crippen molar-refractivity contribution in [2.75, 3.05) is 6.61 Å². The zero-order valence-corrected chi connectivity index (χ0v) is 13.0. The second-order valence-electron chi connectivity index (χ2n) is 5.38. The molecule has 0 aliphatic heterocycles. The maximum atomic E-state index is 11.8. The van der Waals surface area contributed by atoms with Crippen LogP contribution in [0.4, 0.5) is 0 Å². The van der Waals surface area contributed by atoms with Crippen LogP contribution in [-0.4, -0.2) is 29.6 Å². The molecule has 0 aliphatic rings. The van der Waals surface area contributed by atoms with E-state index in [0.717, 1.165) is 11.1 Å². The topological polar surface area (TPSA) is 75.6 Å². The zero-order valence-electron chi connectivity index (χ0n) is 13.0. The lowest BCUT2D eigenvalue weighted by Gasteiger charge is -2.20. The average molecular weight is 293 g/mol. The fraction of sp³-hybridized carbons (Fsp3) is 0.500. The molecule has 1 amide bonds. The number of carbonyl (C=O) groups is 2. The number of aryl methyl sites for hydroxylation is 2. The van der Waals surface area contributed by atoms with Gasteiger partial charge in [0.05, 0.1) is 0 Å². The van der Waals surface area contributed by atoms with Crippen molar-refractivity contribution in [3.05, 3.63) is 29.3 Å². The Balaban J connectivity index is 2.58. The molecule has 0 saturated carbocycles. The molecule has 116 valence electrons. The monoisotopic (exact) mass is 293 g/mol. The lowest BCUT2D eigenvalue weighted by Crippen LogP contribution is -2.46. The number of ether oxygens (including phenoxy) is 1. The molecule has 5 heteroatoms. The van der Waals surface area contributed by atoms with Crippen LogP contribution in [-0.2, 0) is 9.59 Å². The highest BCUT2D eigenvalue weighted by atomic mass is 16.5. The first-order chi connectivity index (χ1) is 9.83. The molecule has 0 radical (unpaired) electrons. The van der Waals surface area contributed by atoms with E-state index in [9.17, 15) is 9.59 Å². The number of aliphatic carboxylic acids is 1. The summed E-state index contributed by atoms with van der Waals surface area (Å²) < 4.78 is 5.42. The predicted molar refractivity (Wildman–Crippen MR) is 80.4 cm³/mol. The van der Waals surface area contributed by atoms with Crippen LogP contribution in [0, 0.1) is 19.8 Å². The molecule has 0 bridgehead atoms. The highest BCUT2D eigenvalue weighted by molar-refractivity contribution is 5.84. The minimum Gasteiger partial charge on any atom is -0.484 e. The summed E-state index contributed by atoms with van der Waals surface area (Å²) in [6, 6.07) is 4.80. The van der Waals surface area contributed by atoms with Crippen LogP contribution in [0.3, 0.4) is 0 Å². The van der Waals surface area contributed by atoms with E-state index in [1.807, 2.05) is 39.0 Å².